The molecule has 5 heteroatoms. The highest BCUT2D eigenvalue weighted by atomic mass is 28.3. The molecule has 0 radical (unpaired) electrons. The van der Waals surface area contributed by atoms with Crippen molar-refractivity contribution in [3.8, 4) is 0 Å². The molecule has 0 fully saturated rings. The highest BCUT2D eigenvalue weighted by Crippen LogP contribution is 2.24. The Morgan fingerprint density at radius 3 is 2.12 bits per heavy atom. The highest BCUT2D eigenvalue weighted by Gasteiger charge is 2.32. The number of rotatable bonds is 5. The lowest BCUT2D eigenvalue weighted by atomic mass is 10.4. The Balaban J connectivity index is 5.31. The molecule has 0 N–H and O–H groups in total. The molecule has 0 aliphatic carbocycles. The monoisotopic (exact) mass is 256 g/mol. The summed E-state index contributed by atoms with van der Waals surface area (Å²) < 4.78 is 9.27. The van der Waals surface area contributed by atoms with Crippen LogP contribution in [0.15, 0.2) is 23.4 Å². The number of carbonyl (C=O) groups is 2. The summed E-state index contributed by atoms with van der Waals surface area (Å²) in [6.45, 7) is 9.74. The molecular formula is C12H20O4Si. The van der Waals surface area contributed by atoms with Gasteiger partial charge in [0.25, 0.3) is 0 Å². The topological polar surface area (TPSA) is 52.6 Å². The van der Waals surface area contributed by atoms with Gasteiger partial charge in [0.15, 0.2) is 0 Å². The van der Waals surface area contributed by atoms with E-state index in [0.29, 0.717) is 5.20 Å². The van der Waals surface area contributed by atoms with Gasteiger partial charge in [-0.1, -0.05) is 18.7 Å². The summed E-state index contributed by atoms with van der Waals surface area (Å²) >= 11 is 0. The molecule has 0 atom stereocenters. The zero-order valence-electron chi connectivity index (χ0n) is 11.1. The Hall–Kier alpha value is -1.36. The fourth-order valence-electron chi connectivity index (χ4n) is 1.67. The van der Waals surface area contributed by atoms with Crippen molar-refractivity contribution in [1.82, 2.24) is 0 Å². The van der Waals surface area contributed by atoms with Gasteiger partial charge in [-0.15, -0.1) is 6.58 Å². The molecule has 0 amide bonds. The molecule has 0 saturated carbocycles. The van der Waals surface area contributed by atoms with Crippen LogP contribution in [0, 0.1) is 0 Å². The van der Waals surface area contributed by atoms with Gasteiger partial charge in [-0.3, -0.25) is 0 Å². The van der Waals surface area contributed by atoms with Crippen molar-refractivity contribution < 1.29 is 19.1 Å². The zero-order chi connectivity index (χ0) is 13.6. The van der Waals surface area contributed by atoms with Crippen molar-refractivity contribution in [3.63, 3.8) is 0 Å². The van der Waals surface area contributed by atoms with Crippen LogP contribution < -0.4 is 0 Å². The van der Waals surface area contributed by atoms with Crippen molar-refractivity contribution in [2.24, 2.45) is 0 Å². The average Bonchev–Trinajstić information content (AvgIpc) is 2.22. The average molecular weight is 256 g/mol. The molecule has 0 aliphatic heterocycles. The van der Waals surface area contributed by atoms with E-state index in [-0.39, 0.29) is 0 Å². The summed E-state index contributed by atoms with van der Waals surface area (Å²) in [5, 5.41) is 0.426. The van der Waals surface area contributed by atoms with Crippen molar-refractivity contribution in [2.75, 3.05) is 14.2 Å². The van der Waals surface area contributed by atoms with E-state index in [1.54, 1.807) is 0 Å². The second-order valence-electron chi connectivity index (χ2n) is 4.59. The van der Waals surface area contributed by atoms with Crippen molar-refractivity contribution in [3.05, 3.63) is 23.4 Å². The van der Waals surface area contributed by atoms with Gasteiger partial charge in [0.2, 0.25) is 0 Å². The third-order valence-corrected chi connectivity index (χ3v) is 5.64. The second kappa shape index (κ2) is 6.39. The first-order chi connectivity index (χ1) is 7.74. The molecule has 0 aliphatic rings. The summed E-state index contributed by atoms with van der Waals surface area (Å²) in [6.07, 6.45) is 1.24. The summed E-state index contributed by atoms with van der Waals surface area (Å²) in [5.41, 5.74) is 0.987. The van der Waals surface area contributed by atoms with E-state index in [2.05, 4.69) is 11.3 Å². The Labute approximate surface area is 103 Å². The number of hydrogen-bond acceptors (Lipinski definition) is 4. The van der Waals surface area contributed by atoms with Gasteiger partial charge in [0.05, 0.1) is 22.3 Å². The van der Waals surface area contributed by atoms with Crippen LogP contribution in [0.3, 0.4) is 0 Å². The maximum absolute atomic E-state index is 11.7. The summed E-state index contributed by atoms with van der Waals surface area (Å²) in [5.74, 6) is -0.999. The molecule has 0 unspecified atom stereocenters. The van der Waals surface area contributed by atoms with E-state index in [4.69, 9.17) is 4.74 Å². The van der Waals surface area contributed by atoms with E-state index in [9.17, 15) is 9.59 Å². The fraction of sp³-hybridized carbons (Fsp3) is 0.500. The molecule has 0 saturated heterocycles. The normalized spacial score (nSPS) is 11.9. The summed E-state index contributed by atoms with van der Waals surface area (Å²) in [7, 11) is 0.510. The van der Waals surface area contributed by atoms with Crippen molar-refractivity contribution in [1.29, 1.82) is 0 Å². The van der Waals surface area contributed by atoms with Crippen LogP contribution >= 0.6 is 0 Å². The van der Waals surface area contributed by atoms with Crippen LogP contribution in [-0.2, 0) is 19.1 Å². The van der Waals surface area contributed by atoms with Crippen LogP contribution in [0.4, 0.5) is 0 Å². The van der Waals surface area contributed by atoms with Crippen molar-refractivity contribution >= 4 is 20.0 Å². The van der Waals surface area contributed by atoms with Gasteiger partial charge in [0.1, 0.15) is 0 Å². The highest BCUT2D eigenvalue weighted by molar-refractivity contribution is 6.88. The Kier molecular flexibility index (Phi) is 5.88. The van der Waals surface area contributed by atoms with Crippen molar-refractivity contribution in [2.45, 2.75) is 26.1 Å². The predicted molar refractivity (Wildman–Crippen MR) is 69.2 cm³/mol. The number of ether oxygens (including phenoxy) is 2. The van der Waals surface area contributed by atoms with Gasteiger partial charge in [0, 0.05) is 11.3 Å². The summed E-state index contributed by atoms with van der Waals surface area (Å²) in [4.78, 5) is 23.0. The molecule has 0 spiro atoms. The number of esters is 2. The molecule has 0 heterocycles. The number of allylic oxidation sites excluding steroid dienone is 1. The minimum Gasteiger partial charge on any atom is -0.466 e. The lowest BCUT2D eigenvalue weighted by Gasteiger charge is -2.24. The molecule has 17 heavy (non-hydrogen) atoms. The van der Waals surface area contributed by atoms with E-state index < -0.39 is 20.0 Å². The smallest absolute Gasteiger partial charge is 0.330 e. The number of methoxy groups -OCH3 is 2. The molecule has 0 aromatic carbocycles. The van der Waals surface area contributed by atoms with Crippen LogP contribution in [0.25, 0.3) is 0 Å². The predicted octanol–water partition coefficient (Wildman–Crippen LogP) is 2.08. The third kappa shape index (κ3) is 4.99. The van der Waals surface area contributed by atoms with E-state index in [0.717, 1.165) is 11.6 Å². The van der Waals surface area contributed by atoms with E-state index in [1.165, 1.54) is 20.3 Å². The molecular weight excluding hydrogens is 236 g/mol. The zero-order valence-corrected chi connectivity index (χ0v) is 12.1. The first-order valence-corrected chi connectivity index (χ1v) is 8.48. The molecule has 0 rings (SSSR count). The first kappa shape index (κ1) is 15.6. The number of hydrogen-bond donors (Lipinski definition) is 0. The van der Waals surface area contributed by atoms with Crippen LogP contribution in [0.1, 0.15) is 6.92 Å². The Morgan fingerprint density at radius 1 is 1.24 bits per heavy atom. The number of carbonyl (C=O) groups excluding carboxylic acids is 2. The van der Waals surface area contributed by atoms with Gasteiger partial charge in [-0.2, -0.15) is 0 Å². The molecule has 0 bridgehead atoms. The van der Waals surface area contributed by atoms with Crippen LogP contribution in [0.5, 0.6) is 0 Å². The standard InChI is InChI=1S/C12H20O4Si/c1-9(2)8-17(5,6)10(12(14)16-4)7-11(13)15-3/h7H,1,8H2,2-6H3/b10-7+. The minimum atomic E-state index is -2.07. The largest absolute Gasteiger partial charge is 0.466 e. The maximum atomic E-state index is 11.7. The van der Waals surface area contributed by atoms with E-state index >= 15 is 0 Å². The van der Waals surface area contributed by atoms with Gasteiger partial charge >= 0.3 is 11.9 Å². The Morgan fingerprint density at radius 2 is 1.76 bits per heavy atom. The molecule has 96 valence electrons. The van der Waals surface area contributed by atoms with Gasteiger partial charge < -0.3 is 9.47 Å². The maximum Gasteiger partial charge on any atom is 0.330 e. The lowest BCUT2D eigenvalue weighted by Crippen LogP contribution is -2.35. The molecule has 4 nitrogen and oxygen atoms in total. The summed E-state index contributed by atoms with van der Waals surface area (Å²) in [6, 6.07) is 0.727. The van der Waals surface area contributed by atoms with Gasteiger partial charge in [-0.25, -0.2) is 9.59 Å². The van der Waals surface area contributed by atoms with Gasteiger partial charge in [-0.05, 0) is 13.0 Å². The fourth-order valence-corrected chi connectivity index (χ4v) is 4.53. The second-order valence-corrected chi connectivity index (χ2v) is 9.25. The third-order valence-electron chi connectivity index (χ3n) is 2.34. The lowest BCUT2D eigenvalue weighted by molar-refractivity contribution is -0.138. The first-order valence-electron chi connectivity index (χ1n) is 5.27. The van der Waals surface area contributed by atoms with Crippen LogP contribution in [0.2, 0.25) is 19.1 Å². The van der Waals surface area contributed by atoms with Crippen LogP contribution in [-0.4, -0.2) is 34.2 Å². The quantitative estimate of drug-likeness (QED) is 0.327. The molecule has 0 aromatic rings. The Bertz CT molecular complexity index is 356. The molecule has 0 aromatic heterocycles. The SMILES string of the molecule is C=C(C)C[Si](C)(C)/C(=C/C(=O)OC)C(=O)OC. The van der Waals surface area contributed by atoms with E-state index in [1.807, 2.05) is 20.0 Å². The minimum absolute atomic E-state index is 0.426.